The second kappa shape index (κ2) is 7.00. The molecule has 5 nitrogen and oxygen atoms in total. The standard InChI is InChI=1S/C19H20N4O/c1-3-14-5-4-6-15(11-14)21-19-20-10-9-18(23-19)22-17-12-16(24)8-7-13(17)2/h4-12,24H,3H2,1-2H3,(H2,20,21,22,23). The van der Waals surface area contributed by atoms with Crippen LogP contribution in [0, 0.1) is 6.92 Å². The Balaban J connectivity index is 1.80. The third kappa shape index (κ3) is 3.81. The van der Waals surface area contributed by atoms with E-state index in [9.17, 15) is 5.11 Å². The van der Waals surface area contributed by atoms with E-state index in [1.807, 2.05) is 25.1 Å². The Morgan fingerprint density at radius 3 is 2.75 bits per heavy atom. The van der Waals surface area contributed by atoms with E-state index in [0.29, 0.717) is 11.8 Å². The molecule has 2 aromatic carbocycles. The van der Waals surface area contributed by atoms with Crippen LogP contribution in [-0.4, -0.2) is 15.1 Å². The van der Waals surface area contributed by atoms with Crippen molar-refractivity contribution in [2.24, 2.45) is 0 Å². The van der Waals surface area contributed by atoms with Gasteiger partial charge in [0.1, 0.15) is 11.6 Å². The molecule has 0 aliphatic rings. The van der Waals surface area contributed by atoms with Crippen LogP contribution in [0.1, 0.15) is 18.1 Å². The van der Waals surface area contributed by atoms with E-state index >= 15 is 0 Å². The summed E-state index contributed by atoms with van der Waals surface area (Å²) in [5.74, 6) is 1.39. The normalized spacial score (nSPS) is 10.4. The Morgan fingerprint density at radius 1 is 1.04 bits per heavy atom. The fraction of sp³-hybridized carbons (Fsp3) is 0.158. The highest BCUT2D eigenvalue weighted by Gasteiger charge is 2.04. The zero-order chi connectivity index (χ0) is 16.9. The lowest BCUT2D eigenvalue weighted by molar-refractivity contribution is 0.475. The molecule has 0 amide bonds. The first-order valence-corrected chi connectivity index (χ1v) is 7.89. The summed E-state index contributed by atoms with van der Waals surface area (Å²) in [5, 5.41) is 16.1. The van der Waals surface area contributed by atoms with Crippen molar-refractivity contribution in [3.63, 3.8) is 0 Å². The number of hydrogen-bond acceptors (Lipinski definition) is 5. The number of benzene rings is 2. The van der Waals surface area contributed by atoms with Gasteiger partial charge in [-0.25, -0.2) is 4.98 Å². The number of phenolic OH excluding ortho intramolecular Hbond substituents is 1. The maximum Gasteiger partial charge on any atom is 0.229 e. The first-order valence-electron chi connectivity index (χ1n) is 7.89. The highest BCUT2D eigenvalue weighted by atomic mass is 16.3. The smallest absolute Gasteiger partial charge is 0.229 e. The Labute approximate surface area is 141 Å². The summed E-state index contributed by atoms with van der Waals surface area (Å²) in [4.78, 5) is 8.73. The molecule has 0 saturated heterocycles. The Bertz CT molecular complexity index is 848. The van der Waals surface area contributed by atoms with Crippen LogP contribution in [0.25, 0.3) is 0 Å². The average Bonchev–Trinajstić information content (AvgIpc) is 2.59. The number of nitrogens with zero attached hydrogens (tertiary/aromatic N) is 2. The summed E-state index contributed by atoms with van der Waals surface area (Å²) in [5.41, 5.74) is 4.05. The highest BCUT2D eigenvalue weighted by Crippen LogP contribution is 2.24. The van der Waals surface area contributed by atoms with Crippen molar-refractivity contribution >= 4 is 23.1 Å². The van der Waals surface area contributed by atoms with E-state index in [1.165, 1.54) is 5.56 Å². The van der Waals surface area contributed by atoms with Crippen molar-refractivity contribution in [2.45, 2.75) is 20.3 Å². The maximum absolute atomic E-state index is 9.63. The topological polar surface area (TPSA) is 70.1 Å². The van der Waals surface area contributed by atoms with Gasteiger partial charge in [0.25, 0.3) is 0 Å². The van der Waals surface area contributed by atoms with Crippen LogP contribution >= 0.6 is 0 Å². The molecule has 24 heavy (non-hydrogen) atoms. The zero-order valence-corrected chi connectivity index (χ0v) is 13.7. The van der Waals surface area contributed by atoms with E-state index in [4.69, 9.17) is 0 Å². The lowest BCUT2D eigenvalue weighted by Crippen LogP contribution is -2.01. The number of aryl methyl sites for hydroxylation is 2. The molecule has 0 bridgehead atoms. The summed E-state index contributed by atoms with van der Waals surface area (Å²) in [6.07, 6.45) is 2.67. The highest BCUT2D eigenvalue weighted by molar-refractivity contribution is 5.63. The molecule has 0 aliphatic carbocycles. The van der Waals surface area contributed by atoms with Crippen LogP contribution in [0.2, 0.25) is 0 Å². The minimum absolute atomic E-state index is 0.215. The quantitative estimate of drug-likeness (QED) is 0.644. The minimum Gasteiger partial charge on any atom is -0.508 e. The van der Waals surface area contributed by atoms with Crippen molar-refractivity contribution in [2.75, 3.05) is 10.6 Å². The van der Waals surface area contributed by atoms with E-state index in [0.717, 1.165) is 23.4 Å². The summed E-state index contributed by atoms with van der Waals surface area (Å²) >= 11 is 0. The molecule has 0 atom stereocenters. The number of hydrogen-bond donors (Lipinski definition) is 3. The summed E-state index contributed by atoms with van der Waals surface area (Å²) < 4.78 is 0. The predicted molar refractivity (Wildman–Crippen MR) is 97.3 cm³/mol. The lowest BCUT2D eigenvalue weighted by atomic mass is 10.1. The summed E-state index contributed by atoms with van der Waals surface area (Å²) in [7, 11) is 0. The first-order chi connectivity index (χ1) is 11.6. The predicted octanol–water partition coefficient (Wildman–Crippen LogP) is 4.54. The van der Waals surface area contributed by atoms with Gasteiger partial charge in [-0.1, -0.05) is 25.1 Å². The van der Waals surface area contributed by atoms with Gasteiger partial charge < -0.3 is 15.7 Å². The van der Waals surface area contributed by atoms with Gasteiger partial charge >= 0.3 is 0 Å². The van der Waals surface area contributed by atoms with Crippen molar-refractivity contribution in [1.29, 1.82) is 0 Å². The molecule has 0 spiro atoms. The van der Waals surface area contributed by atoms with Gasteiger partial charge in [-0.2, -0.15) is 4.98 Å². The van der Waals surface area contributed by atoms with E-state index < -0.39 is 0 Å². The third-order valence-corrected chi connectivity index (χ3v) is 3.73. The number of rotatable bonds is 5. The van der Waals surface area contributed by atoms with Gasteiger partial charge in [-0.3, -0.25) is 0 Å². The van der Waals surface area contributed by atoms with Crippen molar-refractivity contribution in [3.05, 3.63) is 65.9 Å². The Hall–Kier alpha value is -3.08. The second-order valence-corrected chi connectivity index (χ2v) is 5.57. The van der Waals surface area contributed by atoms with Gasteiger partial charge in [-0.15, -0.1) is 0 Å². The van der Waals surface area contributed by atoms with Gasteiger partial charge in [0.2, 0.25) is 5.95 Å². The third-order valence-electron chi connectivity index (χ3n) is 3.73. The molecule has 122 valence electrons. The lowest BCUT2D eigenvalue weighted by Gasteiger charge is -2.11. The molecule has 0 fully saturated rings. The van der Waals surface area contributed by atoms with Crippen LogP contribution in [0.15, 0.2) is 54.7 Å². The zero-order valence-electron chi connectivity index (χ0n) is 13.7. The Kier molecular flexibility index (Phi) is 4.61. The van der Waals surface area contributed by atoms with Crippen molar-refractivity contribution in [3.8, 4) is 5.75 Å². The van der Waals surface area contributed by atoms with E-state index in [1.54, 1.807) is 24.4 Å². The van der Waals surface area contributed by atoms with Crippen LogP contribution in [0.5, 0.6) is 5.75 Å². The fourth-order valence-electron chi connectivity index (χ4n) is 2.37. The monoisotopic (exact) mass is 320 g/mol. The van der Waals surface area contributed by atoms with Crippen molar-refractivity contribution < 1.29 is 5.11 Å². The molecule has 5 heteroatoms. The number of anilines is 4. The van der Waals surface area contributed by atoms with Gasteiger partial charge in [0.15, 0.2) is 0 Å². The molecule has 0 radical (unpaired) electrons. The maximum atomic E-state index is 9.63. The molecule has 3 N–H and O–H groups in total. The van der Waals surface area contributed by atoms with Gasteiger partial charge in [0, 0.05) is 23.6 Å². The van der Waals surface area contributed by atoms with Crippen LogP contribution in [0.3, 0.4) is 0 Å². The second-order valence-electron chi connectivity index (χ2n) is 5.57. The Morgan fingerprint density at radius 2 is 1.92 bits per heavy atom. The number of phenols is 1. The first kappa shape index (κ1) is 15.8. The number of nitrogens with one attached hydrogen (secondary N) is 2. The molecule has 1 aromatic heterocycles. The van der Waals surface area contributed by atoms with Gasteiger partial charge in [-0.05, 0) is 48.7 Å². The van der Waals surface area contributed by atoms with Crippen LogP contribution < -0.4 is 10.6 Å². The SMILES string of the molecule is CCc1cccc(Nc2nccc(Nc3cc(O)ccc3C)n2)c1. The molecule has 0 saturated carbocycles. The molecular weight excluding hydrogens is 300 g/mol. The van der Waals surface area contributed by atoms with E-state index in [2.05, 4.69) is 39.7 Å². The molecule has 3 aromatic rings. The minimum atomic E-state index is 0.215. The summed E-state index contributed by atoms with van der Waals surface area (Å²) in [6, 6.07) is 15.2. The summed E-state index contributed by atoms with van der Waals surface area (Å²) in [6.45, 7) is 4.09. The molecule has 1 heterocycles. The average molecular weight is 320 g/mol. The number of aromatic hydroxyl groups is 1. The fourth-order valence-corrected chi connectivity index (χ4v) is 2.37. The molecule has 0 unspecified atom stereocenters. The molecular formula is C19H20N4O. The molecule has 3 rings (SSSR count). The van der Waals surface area contributed by atoms with Gasteiger partial charge in [0.05, 0.1) is 0 Å². The van der Waals surface area contributed by atoms with Crippen molar-refractivity contribution in [1.82, 2.24) is 9.97 Å². The van der Waals surface area contributed by atoms with Crippen LogP contribution in [-0.2, 0) is 6.42 Å². The largest absolute Gasteiger partial charge is 0.508 e. The number of aromatic nitrogens is 2. The van der Waals surface area contributed by atoms with E-state index in [-0.39, 0.29) is 5.75 Å². The van der Waals surface area contributed by atoms with Crippen LogP contribution in [0.4, 0.5) is 23.1 Å². The molecule has 0 aliphatic heterocycles.